The Balaban J connectivity index is 2.02. The van der Waals surface area contributed by atoms with Gasteiger partial charge >= 0.3 is 0 Å². The Bertz CT molecular complexity index is 403. The molecule has 0 aromatic heterocycles. The van der Waals surface area contributed by atoms with Crippen molar-refractivity contribution in [3.63, 3.8) is 0 Å². The highest BCUT2D eigenvalue weighted by molar-refractivity contribution is 5.94. The second-order valence-electron chi connectivity index (χ2n) is 4.82. The van der Waals surface area contributed by atoms with Gasteiger partial charge in [0.2, 0.25) is 0 Å². The molecule has 18 heavy (non-hydrogen) atoms. The van der Waals surface area contributed by atoms with Gasteiger partial charge in [0, 0.05) is 18.7 Å². The van der Waals surface area contributed by atoms with Crippen molar-refractivity contribution in [3.8, 4) is 0 Å². The molecule has 1 aromatic rings. The monoisotopic (exact) mass is 250 g/mol. The summed E-state index contributed by atoms with van der Waals surface area (Å²) < 4.78 is 12.8. The quantitative estimate of drug-likeness (QED) is 0.888. The molecule has 1 aromatic carbocycles. The predicted molar refractivity (Wildman–Crippen MR) is 69.0 cm³/mol. The molecular weight excluding hydrogens is 231 g/mol. The molecule has 0 saturated carbocycles. The van der Waals surface area contributed by atoms with Gasteiger partial charge in [-0.3, -0.25) is 4.79 Å². The SMILES string of the molecule is CNCC1CCCN(C(=O)c2ccc(F)cc2)C1. The number of benzene rings is 1. The number of hydrogen-bond acceptors (Lipinski definition) is 2. The molecule has 1 fully saturated rings. The second kappa shape index (κ2) is 5.96. The summed E-state index contributed by atoms with van der Waals surface area (Å²) >= 11 is 0. The Labute approximate surface area is 107 Å². The van der Waals surface area contributed by atoms with E-state index in [-0.39, 0.29) is 11.7 Å². The van der Waals surface area contributed by atoms with Gasteiger partial charge in [0.15, 0.2) is 0 Å². The Morgan fingerprint density at radius 1 is 1.44 bits per heavy atom. The maximum absolute atomic E-state index is 12.8. The Morgan fingerprint density at radius 2 is 2.17 bits per heavy atom. The van der Waals surface area contributed by atoms with Gasteiger partial charge in [0.25, 0.3) is 5.91 Å². The van der Waals surface area contributed by atoms with Crippen LogP contribution in [-0.2, 0) is 0 Å². The van der Waals surface area contributed by atoms with Crippen molar-refractivity contribution >= 4 is 5.91 Å². The fourth-order valence-electron chi connectivity index (χ4n) is 2.48. The van der Waals surface area contributed by atoms with Crippen molar-refractivity contribution in [1.82, 2.24) is 10.2 Å². The molecule has 1 heterocycles. The zero-order valence-corrected chi connectivity index (χ0v) is 10.7. The van der Waals surface area contributed by atoms with E-state index < -0.39 is 0 Å². The van der Waals surface area contributed by atoms with Gasteiger partial charge in [-0.25, -0.2) is 4.39 Å². The summed E-state index contributed by atoms with van der Waals surface area (Å²) in [6, 6.07) is 5.78. The zero-order valence-electron chi connectivity index (χ0n) is 10.7. The summed E-state index contributed by atoms with van der Waals surface area (Å²) in [5.41, 5.74) is 0.571. The number of halogens is 1. The van der Waals surface area contributed by atoms with Crippen LogP contribution in [0, 0.1) is 11.7 Å². The van der Waals surface area contributed by atoms with Crippen LogP contribution in [0.5, 0.6) is 0 Å². The summed E-state index contributed by atoms with van der Waals surface area (Å²) in [5, 5.41) is 3.16. The van der Waals surface area contributed by atoms with Crippen molar-refractivity contribution in [3.05, 3.63) is 35.6 Å². The minimum Gasteiger partial charge on any atom is -0.338 e. The Hall–Kier alpha value is -1.42. The van der Waals surface area contributed by atoms with Gasteiger partial charge in [0.1, 0.15) is 5.82 Å². The van der Waals surface area contributed by atoms with Gasteiger partial charge < -0.3 is 10.2 Å². The number of amides is 1. The fraction of sp³-hybridized carbons (Fsp3) is 0.500. The first-order chi connectivity index (χ1) is 8.70. The Kier molecular flexibility index (Phi) is 4.31. The normalized spacial score (nSPS) is 19.9. The van der Waals surface area contributed by atoms with E-state index in [0.29, 0.717) is 11.5 Å². The molecule has 1 aliphatic heterocycles. The van der Waals surface area contributed by atoms with Crippen LogP contribution < -0.4 is 5.32 Å². The molecule has 1 unspecified atom stereocenters. The second-order valence-corrected chi connectivity index (χ2v) is 4.82. The lowest BCUT2D eigenvalue weighted by Gasteiger charge is -2.32. The minimum absolute atomic E-state index is 0.0100. The molecule has 2 rings (SSSR count). The van der Waals surface area contributed by atoms with E-state index in [1.807, 2.05) is 11.9 Å². The number of piperidine rings is 1. The third kappa shape index (κ3) is 3.07. The summed E-state index contributed by atoms with van der Waals surface area (Å²) in [7, 11) is 1.93. The molecular formula is C14H19FN2O. The number of carbonyl (C=O) groups is 1. The van der Waals surface area contributed by atoms with Crippen molar-refractivity contribution < 1.29 is 9.18 Å². The van der Waals surface area contributed by atoms with Crippen molar-refractivity contribution in [2.75, 3.05) is 26.7 Å². The smallest absolute Gasteiger partial charge is 0.253 e. The minimum atomic E-state index is -0.307. The topological polar surface area (TPSA) is 32.3 Å². The summed E-state index contributed by atoms with van der Waals surface area (Å²) in [6.45, 7) is 2.53. The highest BCUT2D eigenvalue weighted by Gasteiger charge is 2.23. The molecule has 0 aliphatic carbocycles. The predicted octanol–water partition coefficient (Wildman–Crippen LogP) is 1.90. The summed E-state index contributed by atoms with van der Waals surface area (Å²) in [6.07, 6.45) is 2.20. The number of carbonyl (C=O) groups excluding carboxylic acids is 1. The van der Waals surface area contributed by atoms with Gasteiger partial charge in [-0.15, -0.1) is 0 Å². The Morgan fingerprint density at radius 3 is 2.83 bits per heavy atom. The van der Waals surface area contributed by atoms with Crippen LogP contribution in [-0.4, -0.2) is 37.5 Å². The first kappa shape index (κ1) is 13.0. The summed E-state index contributed by atoms with van der Waals surface area (Å²) in [5.74, 6) is 0.224. The van der Waals surface area contributed by atoms with Gasteiger partial charge in [-0.05, 0) is 56.6 Å². The van der Waals surface area contributed by atoms with E-state index in [1.54, 1.807) is 12.1 Å². The number of likely N-dealkylation sites (tertiary alicyclic amines) is 1. The van der Waals surface area contributed by atoms with Crippen LogP contribution >= 0.6 is 0 Å². The van der Waals surface area contributed by atoms with Crippen molar-refractivity contribution in [2.24, 2.45) is 5.92 Å². The van der Waals surface area contributed by atoms with Crippen LogP contribution in [0.15, 0.2) is 24.3 Å². The standard InChI is InChI=1S/C14H19FN2O/c1-16-9-11-3-2-8-17(10-11)14(18)12-4-6-13(15)7-5-12/h4-7,11,16H,2-3,8-10H2,1H3. The van der Waals surface area contributed by atoms with Crippen molar-refractivity contribution in [1.29, 1.82) is 0 Å². The molecule has 4 heteroatoms. The lowest BCUT2D eigenvalue weighted by molar-refractivity contribution is 0.0674. The van der Waals surface area contributed by atoms with E-state index in [9.17, 15) is 9.18 Å². The van der Waals surface area contributed by atoms with E-state index in [1.165, 1.54) is 12.1 Å². The number of nitrogens with zero attached hydrogens (tertiary/aromatic N) is 1. The zero-order chi connectivity index (χ0) is 13.0. The summed E-state index contributed by atoms with van der Waals surface area (Å²) in [4.78, 5) is 14.1. The molecule has 98 valence electrons. The largest absolute Gasteiger partial charge is 0.338 e. The fourth-order valence-corrected chi connectivity index (χ4v) is 2.48. The molecule has 0 radical (unpaired) electrons. The van der Waals surface area contributed by atoms with Crippen LogP contribution in [0.3, 0.4) is 0 Å². The van der Waals surface area contributed by atoms with Crippen LogP contribution in [0.2, 0.25) is 0 Å². The highest BCUT2D eigenvalue weighted by Crippen LogP contribution is 2.18. The third-order valence-electron chi connectivity index (χ3n) is 3.39. The van der Waals surface area contributed by atoms with Gasteiger partial charge in [-0.2, -0.15) is 0 Å². The van der Waals surface area contributed by atoms with Gasteiger partial charge in [-0.1, -0.05) is 0 Å². The van der Waals surface area contributed by atoms with Crippen LogP contribution in [0.4, 0.5) is 4.39 Å². The maximum atomic E-state index is 12.8. The van der Waals surface area contributed by atoms with E-state index in [4.69, 9.17) is 0 Å². The average molecular weight is 250 g/mol. The van der Waals surface area contributed by atoms with Crippen molar-refractivity contribution in [2.45, 2.75) is 12.8 Å². The number of nitrogens with one attached hydrogen (secondary N) is 1. The molecule has 3 nitrogen and oxygen atoms in total. The maximum Gasteiger partial charge on any atom is 0.253 e. The first-order valence-corrected chi connectivity index (χ1v) is 6.40. The molecule has 0 spiro atoms. The third-order valence-corrected chi connectivity index (χ3v) is 3.39. The molecule has 1 amide bonds. The number of rotatable bonds is 3. The van der Waals surface area contributed by atoms with E-state index in [0.717, 1.165) is 32.5 Å². The first-order valence-electron chi connectivity index (χ1n) is 6.40. The molecule has 1 atom stereocenters. The van der Waals surface area contributed by atoms with Crippen LogP contribution in [0.1, 0.15) is 23.2 Å². The molecule has 1 N–H and O–H groups in total. The molecule has 1 saturated heterocycles. The van der Waals surface area contributed by atoms with Gasteiger partial charge in [0.05, 0.1) is 0 Å². The van der Waals surface area contributed by atoms with E-state index in [2.05, 4.69) is 5.32 Å². The number of hydrogen-bond donors (Lipinski definition) is 1. The van der Waals surface area contributed by atoms with E-state index >= 15 is 0 Å². The molecule has 0 bridgehead atoms. The highest BCUT2D eigenvalue weighted by atomic mass is 19.1. The lowest BCUT2D eigenvalue weighted by atomic mass is 9.97. The van der Waals surface area contributed by atoms with Crippen LogP contribution in [0.25, 0.3) is 0 Å². The average Bonchev–Trinajstić information content (AvgIpc) is 2.39. The molecule has 1 aliphatic rings. The lowest BCUT2D eigenvalue weighted by Crippen LogP contribution is -2.42.